The molecule has 4 rings (SSSR count). The van der Waals surface area contributed by atoms with Crippen molar-refractivity contribution in [3.63, 3.8) is 0 Å². The van der Waals surface area contributed by atoms with Gasteiger partial charge in [0.2, 0.25) is 0 Å². The number of likely N-dealkylation sites (tertiary alicyclic amines) is 1. The second-order valence-electron chi connectivity index (χ2n) is 7.47. The largest absolute Gasteiger partial charge is 0.497 e. The summed E-state index contributed by atoms with van der Waals surface area (Å²) < 4.78 is 5.36. The van der Waals surface area contributed by atoms with E-state index in [0.29, 0.717) is 5.92 Å². The number of methoxy groups -OCH3 is 1. The zero-order valence-corrected chi connectivity index (χ0v) is 15.4. The van der Waals surface area contributed by atoms with Crippen molar-refractivity contribution in [1.82, 2.24) is 15.1 Å². The fraction of sp³-hybridized carbons (Fsp3) is 0.524. The molecule has 5 heteroatoms. The van der Waals surface area contributed by atoms with Crippen molar-refractivity contribution in [2.75, 3.05) is 13.7 Å². The van der Waals surface area contributed by atoms with Crippen LogP contribution in [0.1, 0.15) is 78.5 Å². The molecule has 1 amide bonds. The number of nitrogens with zero attached hydrogens (tertiary/aromatic N) is 2. The molecular formula is C21H27N3O2. The molecule has 1 aliphatic carbocycles. The maximum Gasteiger partial charge on any atom is 0.257 e. The summed E-state index contributed by atoms with van der Waals surface area (Å²) in [5.74, 6) is 1.40. The van der Waals surface area contributed by atoms with Gasteiger partial charge in [0, 0.05) is 12.5 Å². The van der Waals surface area contributed by atoms with Crippen LogP contribution in [-0.2, 0) is 0 Å². The zero-order valence-electron chi connectivity index (χ0n) is 15.4. The van der Waals surface area contributed by atoms with Gasteiger partial charge in [-0.25, -0.2) is 0 Å². The maximum atomic E-state index is 13.3. The van der Waals surface area contributed by atoms with E-state index in [0.717, 1.165) is 54.8 Å². The summed E-state index contributed by atoms with van der Waals surface area (Å²) in [5.41, 5.74) is 2.97. The molecular weight excluding hydrogens is 326 g/mol. The normalized spacial score (nSPS) is 21.1. The van der Waals surface area contributed by atoms with Crippen LogP contribution in [0.5, 0.6) is 5.75 Å². The number of carbonyl (C=O) groups is 1. The molecule has 0 radical (unpaired) electrons. The Bertz CT molecular complexity index is 764. The summed E-state index contributed by atoms with van der Waals surface area (Å²) in [6.07, 6.45) is 9.86. The molecule has 1 saturated carbocycles. The van der Waals surface area contributed by atoms with Crippen molar-refractivity contribution in [3.8, 4) is 5.75 Å². The Kier molecular flexibility index (Phi) is 4.96. The minimum Gasteiger partial charge on any atom is -0.497 e. The van der Waals surface area contributed by atoms with Crippen LogP contribution in [0, 0.1) is 0 Å². The highest BCUT2D eigenvalue weighted by atomic mass is 16.5. The second kappa shape index (κ2) is 7.52. The average Bonchev–Trinajstić information content (AvgIpc) is 3.38. The van der Waals surface area contributed by atoms with Crippen molar-refractivity contribution in [2.24, 2.45) is 0 Å². The summed E-state index contributed by atoms with van der Waals surface area (Å²) in [5, 5.41) is 7.36. The van der Waals surface area contributed by atoms with Gasteiger partial charge in [-0.2, -0.15) is 5.10 Å². The Balaban J connectivity index is 1.58. The van der Waals surface area contributed by atoms with Gasteiger partial charge in [0.15, 0.2) is 0 Å². The third-order valence-electron chi connectivity index (χ3n) is 5.90. The zero-order chi connectivity index (χ0) is 17.9. The van der Waals surface area contributed by atoms with E-state index < -0.39 is 0 Å². The first-order valence-corrected chi connectivity index (χ1v) is 9.76. The molecule has 138 valence electrons. The van der Waals surface area contributed by atoms with E-state index in [9.17, 15) is 4.79 Å². The topological polar surface area (TPSA) is 58.2 Å². The number of carbonyl (C=O) groups excluding carboxylic acids is 1. The third kappa shape index (κ3) is 3.22. The number of amides is 1. The first-order valence-electron chi connectivity index (χ1n) is 9.76. The highest BCUT2D eigenvalue weighted by molar-refractivity contribution is 5.95. The lowest BCUT2D eigenvalue weighted by Crippen LogP contribution is -2.31. The Morgan fingerprint density at radius 1 is 1.19 bits per heavy atom. The number of hydrogen-bond donors (Lipinski definition) is 1. The van der Waals surface area contributed by atoms with Crippen molar-refractivity contribution in [1.29, 1.82) is 0 Å². The van der Waals surface area contributed by atoms with E-state index in [2.05, 4.69) is 16.3 Å². The SMILES string of the molecule is COc1cccc(C2CCCN2C(=O)c2cn[nH]c2C2CCCCC2)c1. The van der Waals surface area contributed by atoms with Crippen molar-refractivity contribution in [3.05, 3.63) is 47.3 Å². The molecule has 0 spiro atoms. The van der Waals surface area contributed by atoms with Gasteiger partial charge in [-0.3, -0.25) is 9.89 Å². The van der Waals surface area contributed by atoms with E-state index in [4.69, 9.17) is 4.74 Å². The van der Waals surface area contributed by atoms with Crippen LogP contribution < -0.4 is 4.74 Å². The van der Waals surface area contributed by atoms with Crippen molar-refractivity contribution in [2.45, 2.75) is 56.9 Å². The molecule has 1 N–H and O–H groups in total. The van der Waals surface area contributed by atoms with E-state index in [-0.39, 0.29) is 11.9 Å². The molecule has 1 aliphatic heterocycles. The van der Waals surface area contributed by atoms with Gasteiger partial charge in [0.1, 0.15) is 5.75 Å². The number of rotatable bonds is 4. The minimum absolute atomic E-state index is 0.115. The summed E-state index contributed by atoms with van der Waals surface area (Å²) in [7, 11) is 1.68. The number of benzene rings is 1. The summed E-state index contributed by atoms with van der Waals surface area (Å²) in [6, 6.07) is 8.21. The van der Waals surface area contributed by atoms with Crippen molar-refractivity contribution >= 4 is 5.91 Å². The predicted molar refractivity (Wildman–Crippen MR) is 100 cm³/mol. The standard InChI is InChI=1S/C21H27N3O2/c1-26-17-10-5-9-16(13-17)19-11-6-12-24(19)21(25)18-14-22-23-20(18)15-7-3-2-4-8-15/h5,9-10,13-15,19H,2-4,6-8,11-12H2,1H3,(H,22,23). The molecule has 5 nitrogen and oxygen atoms in total. The lowest BCUT2D eigenvalue weighted by Gasteiger charge is -2.27. The molecule has 2 aromatic rings. The number of aromatic amines is 1. The molecule has 1 aromatic carbocycles. The maximum absolute atomic E-state index is 13.3. The van der Waals surface area contributed by atoms with Gasteiger partial charge in [-0.05, 0) is 43.4 Å². The molecule has 1 atom stereocenters. The first kappa shape index (κ1) is 17.1. The summed E-state index contributed by atoms with van der Waals surface area (Å²) >= 11 is 0. The molecule has 1 aromatic heterocycles. The van der Waals surface area contributed by atoms with Crippen LogP contribution in [0.2, 0.25) is 0 Å². The Morgan fingerprint density at radius 2 is 2.04 bits per heavy atom. The molecule has 26 heavy (non-hydrogen) atoms. The van der Waals surface area contributed by atoms with Gasteiger partial charge in [-0.1, -0.05) is 31.4 Å². The fourth-order valence-electron chi connectivity index (χ4n) is 4.53. The Hall–Kier alpha value is -2.30. The lowest BCUT2D eigenvalue weighted by atomic mass is 9.85. The van der Waals surface area contributed by atoms with Crippen LogP contribution in [0.25, 0.3) is 0 Å². The molecule has 2 heterocycles. The van der Waals surface area contributed by atoms with Crippen LogP contribution in [0.4, 0.5) is 0 Å². The van der Waals surface area contributed by atoms with Crippen molar-refractivity contribution < 1.29 is 9.53 Å². The minimum atomic E-state index is 0.115. The van der Waals surface area contributed by atoms with Gasteiger partial charge in [-0.15, -0.1) is 0 Å². The number of ether oxygens (including phenoxy) is 1. The molecule has 2 aliphatic rings. The number of nitrogens with one attached hydrogen (secondary N) is 1. The Morgan fingerprint density at radius 3 is 2.85 bits per heavy atom. The fourth-order valence-corrected chi connectivity index (χ4v) is 4.53. The monoisotopic (exact) mass is 353 g/mol. The first-order chi connectivity index (χ1) is 12.8. The van der Waals surface area contributed by atoms with E-state index >= 15 is 0 Å². The molecule has 1 saturated heterocycles. The quantitative estimate of drug-likeness (QED) is 0.884. The van der Waals surface area contributed by atoms with E-state index in [1.807, 2.05) is 23.1 Å². The van der Waals surface area contributed by atoms with Gasteiger partial charge >= 0.3 is 0 Å². The summed E-state index contributed by atoms with van der Waals surface area (Å²) in [6.45, 7) is 0.802. The molecule has 0 bridgehead atoms. The average molecular weight is 353 g/mol. The molecule has 1 unspecified atom stereocenters. The number of aromatic nitrogens is 2. The molecule has 2 fully saturated rings. The highest BCUT2D eigenvalue weighted by Gasteiger charge is 2.33. The second-order valence-corrected chi connectivity index (χ2v) is 7.47. The highest BCUT2D eigenvalue weighted by Crippen LogP contribution is 2.37. The predicted octanol–water partition coefficient (Wildman–Crippen LogP) is 4.44. The van der Waals surface area contributed by atoms with Crippen LogP contribution in [0.3, 0.4) is 0 Å². The summed E-state index contributed by atoms with van der Waals surface area (Å²) in [4.78, 5) is 15.4. The Labute approximate surface area is 154 Å². The lowest BCUT2D eigenvalue weighted by molar-refractivity contribution is 0.0733. The van der Waals surface area contributed by atoms with E-state index in [1.54, 1.807) is 13.3 Å². The smallest absolute Gasteiger partial charge is 0.257 e. The number of H-pyrrole nitrogens is 1. The van der Waals surface area contributed by atoms with Crippen LogP contribution in [0.15, 0.2) is 30.5 Å². The number of hydrogen-bond acceptors (Lipinski definition) is 3. The van der Waals surface area contributed by atoms with Crippen LogP contribution >= 0.6 is 0 Å². The van der Waals surface area contributed by atoms with Gasteiger partial charge < -0.3 is 9.64 Å². The van der Waals surface area contributed by atoms with Crippen LogP contribution in [-0.4, -0.2) is 34.7 Å². The van der Waals surface area contributed by atoms with Gasteiger partial charge in [0.25, 0.3) is 5.91 Å². The van der Waals surface area contributed by atoms with E-state index in [1.165, 1.54) is 19.3 Å². The van der Waals surface area contributed by atoms with Gasteiger partial charge in [0.05, 0.1) is 30.6 Å². The third-order valence-corrected chi connectivity index (χ3v) is 5.90.